The molecule has 1 saturated carbocycles. The van der Waals surface area contributed by atoms with Crippen LogP contribution in [0.5, 0.6) is 0 Å². The minimum Gasteiger partial charge on any atom is -0.396 e. The molecule has 0 bridgehead atoms. The summed E-state index contributed by atoms with van der Waals surface area (Å²) in [5, 5.41) is 12.8. The molecule has 0 aliphatic heterocycles. The Labute approximate surface area is 137 Å². The second kappa shape index (κ2) is 8.39. The molecule has 2 N–H and O–H groups in total. The Morgan fingerprint density at radius 3 is 2.86 bits per heavy atom. The van der Waals surface area contributed by atoms with Crippen molar-refractivity contribution in [3.05, 3.63) is 34.9 Å². The number of aliphatic hydroxyl groups excluding tert-OH is 1. The number of nitrogens with one attached hydrogen (secondary N) is 1. The summed E-state index contributed by atoms with van der Waals surface area (Å²) in [6, 6.07) is 7.68. The largest absolute Gasteiger partial charge is 0.396 e. The van der Waals surface area contributed by atoms with Crippen LogP contribution in [-0.2, 0) is 6.54 Å². The van der Waals surface area contributed by atoms with Gasteiger partial charge in [0, 0.05) is 30.8 Å². The highest BCUT2D eigenvalue weighted by atomic mass is 35.5. The first-order chi connectivity index (χ1) is 10.6. The molecule has 0 saturated heterocycles. The molecule has 1 fully saturated rings. The molecule has 1 aromatic rings. The van der Waals surface area contributed by atoms with Crippen LogP contribution in [0.3, 0.4) is 0 Å². The molecule has 1 unspecified atom stereocenters. The number of carbonyl (C=O) groups excluding carboxylic acids is 1. The van der Waals surface area contributed by atoms with Crippen LogP contribution >= 0.6 is 11.6 Å². The van der Waals surface area contributed by atoms with Crippen LogP contribution in [-0.4, -0.2) is 35.2 Å². The molecule has 0 aromatic heterocycles. The zero-order valence-electron chi connectivity index (χ0n) is 13.1. The molecule has 0 heterocycles. The molecule has 5 heteroatoms. The first-order valence-corrected chi connectivity index (χ1v) is 8.38. The molecule has 1 atom stereocenters. The molecule has 1 aromatic carbocycles. The van der Waals surface area contributed by atoms with Gasteiger partial charge in [0.1, 0.15) is 0 Å². The molecule has 2 rings (SSSR count). The molecule has 2 amide bonds. The van der Waals surface area contributed by atoms with Gasteiger partial charge in [0.15, 0.2) is 0 Å². The smallest absolute Gasteiger partial charge is 0.317 e. The molecule has 1 aliphatic rings. The van der Waals surface area contributed by atoms with Crippen molar-refractivity contribution in [2.75, 3.05) is 13.2 Å². The van der Waals surface area contributed by atoms with Gasteiger partial charge >= 0.3 is 6.03 Å². The Morgan fingerprint density at radius 2 is 2.27 bits per heavy atom. The lowest BCUT2D eigenvalue weighted by atomic mass is 9.80. The van der Waals surface area contributed by atoms with Crippen LogP contribution in [0.1, 0.15) is 38.2 Å². The average molecular weight is 325 g/mol. The third-order valence-corrected chi connectivity index (χ3v) is 4.58. The maximum Gasteiger partial charge on any atom is 0.317 e. The predicted molar refractivity (Wildman–Crippen MR) is 88.9 cm³/mol. The molecular weight excluding hydrogens is 300 g/mol. The minimum absolute atomic E-state index is 0.0622. The maximum atomic E-state index is 12.5. The van der Waals surface area contributed by atoms with Gasteiger partial charge in [-0.2, -0.15) is 0 Å². The standard InChI is InChI=1S/C17H25ClN2O2/c1-13(15-6-3-7-15)19-17(22)20(9-4-10-21)12-14-5-2-8-16(18)11-14/h2,5,8,11,13,15,21H,3-4,6-7,9-10,12H2,1H3,(H,19,22). The van der Waals surface area contributed by atoms with Crippen LogP contribution in [0.25, 0.3) is 0 Å². The molecule has 0 radical (unpaired) electrons. The van der Waals surface area contributed by atoms with Gasteiger partial charge in [-0.25, -0.2) is 4.79 Å². The van der Waals surface area contributed by atoms with E-state index >= 15 is 0 Å². The van der Waals surface area contributed by atoms with Gasteiger partial charge in [-0.05, 0) is 49.8 Å². The van der Waals surface area contributed by atoms with Crippen molar-refractivity contribution >= 4 is 17.6 Å². The van der Waals surface area contributed by atoms with E-state index in [2.05, 4.69) is 12.2 Å². The van der Waals surface area contributed by atoms with Crippen LogP contribution in [0, 0.1) is 5.92 Å². The van der Waals surface area contributed by atoms with Gasteiger partial charge in [-0.3, -0.25) is 0 Å². The van der Waals surface area contributed by atoms with Gasteiger partial charge in [0.2, 0.25) is 0 Å². The van der Waals surface area contributed by atoms with E-state index in [1.165, 1.54) is 19.3 Å². The van der Waals surface area contributed by atoms with Crippen molar-refractivity contribution in [3.63, 3.8) is 0 Å². The highest BCUT2D eigenvalue weighted by Gasteiger charge is 2.26. The van der Waals surface area contributed by atoms with Crippen molar-refractivity contribution < 1.29 is 9.90 Å². The zero-order chi connectivity index (χ0) is 15.9. The van der Waals surface area contributed by atoms with Crippen LogP contribution in [0.2, 0.25) is 5.02 Å². The average Bonchev–Trinajstić information content (AvgIpc) is 2.41. The third-order valence-electron chi connectivity index (χ3n) is 4.34. The zero-order valence-corrected chi connectivity index (χ0v) is 13.9. The number of hydrogen-bond donors (Lipinski definition) is 2. The molecule has 22 heavy (non-hydrogen) atoms. The van der Waals surface area contributed by atoms with E-state index in [0.717, 1.165) is 5.56 Å². The number of urea groups is 1. The summed E-state index contributed by atoms with van der Waals surface area (Å²) in [4.78, 5) is 14.2. The van der Waals surface area contributed by atoms with Crippen molar-refractivity contribution in [1.29, 1.82) is 0 Å². The SMILES string of the molecule is CC(NC(=O)N(CCCO)Cc1cccc(Cl)c1)C1CCC1. The summed E-state index contributed by atoms with van der Waals surface area (Å²) >= 11 is 6.01. The second-order valence-corrected chi connectivity index (χ2v) is 6.49. The number of rotatable bonds is 7. The van der Waals surface area contributed by atoms with E-state index < -0.39 is 0 Å². The van der Waals surface area contributed by atoms with Crippen LogP contribution < -0.4 is 5.32 Å². The Balaban J connectivity index is 1.96. The number of nitrogens with zero attached hydrogens (tertiary/aromatic N) is 1. The van der Waals surface area contributed by atoms with Crippen molar-refractivity contribution in [2.24, 2.45) is 5.92 Å². The number of halogens is 1. The number of hydrogen-bond acceptors (Lipinski definition) is 2. The van der Waals surface area contributed by atoms with Crippen LogP contribution in [0.15, 0.2) is 24.3 Å². The first-order valence-electron chi connectivity index (χ1n) is 8.01. The van der Waals surface area contributed by atoms with E-state index in [4.69, 9.17) is 16.7 Å². The van der Waals surface area contributed by atoms with E-state index in [9.17, 15) is 4.79 Å². The van der Waals surface area contributed by atoms with Gasteiger partial charge in [0.25, 0.3) is 0 Å². The summed E-state index contributed by atoms with van der Waals surface area (Å²) in [7, 11) is 0. The summed E-state index contributed by atoms with van der Waals surface area (Å²) in [5.74, 6) is 0.606. The topological polar surface area (TPSA) is 52.6 Å². The molecule has 4 nitrogen and oxygen atoms in total. The van der Waals surface area contributed by atoms with Gasteiger partial charge < -0.3 is 15.3 Å². The summed E-state index contributed by atoms with van der Waals surface area (Å²) in [5.41, 5.74) is 0.997. The highest BCUT2D eigenvalue weighted by Crippen LogP contribution is 2.29. The number of amides is 2. The Bertz CT molecular complexity index is 491. The number of benzene rings is 1. The van der Waals surface area contributed by atoms with Gasteiger partial charge in [0.05, 0.1) is 0 Å². The summed E-state index contributed by atoms with van der Waals surface area (Å²) in [6.45, 7) is 3.19. The van der Waals surface area contributed by atoms with E-state index in [1.54, 1.807) is 4.90 Å². The van der Waals surface area contributed by atoms with Crippen molar-refractivity contribution in [2.45, 2.75) is 45.2 Å². The number of aliphatic hydroxyl groups is 1. The highest BCUT2D eigenvalue weighted by molar-refractivity contribution is 6.30. The first kappa shape index (κ1) is 17.1. The molecule has 122 valence electrons. The van der Waals surface area contributed by atoms with Crippen molar-refractivity contribution in [1.82, 2.24) is 10.2 Å². The normalized spacial score (nSPS) is 16.0. The minimum atomic E-state index is -0.0622. The Hall–Kier alpha value is -1.26. The lowest BCUT2D eigenvalue weighted by Crippen LogP contribution is -2.47. The van der Waals surface area contributed by atoms with Crippen LogP contribution in [0.4, 0.5) is 4.79 Å². The molecule has 0 spiro atoms. The molecular formula is C17H25ClN2O2. The lowest BCUT2D eigenvalue weighted by molar-refractivity contribution is 0.170. The predicted octanol–water partition coefficient (Wildman–Crippen LogP) is 3.42. The quantitative estimate of drug-likeness (QED) is 0.807. The Kier molecular flexibility index (Phi) is 6.52. The fourth-order valence-corrected chi connectivity index (χ4v) is 2.93. The van der Waals surface area contributed by atoms with Gasteiger partial charge in [-0.15, -0.1) is 0 Å². The monoisotopic (exact) mass is 324 g/mol. The fourth-order valence-electron chi connectivity index (χ4n) is 2.71. The number of carbonyl (C=O) groups is 1. The van der Waals surface area contributed by atoms with E-state index in [-0.39, 0.29) is 18.7 Å². The second-order valence-electron chi connectivity index (χ2n) is 6.06. The summed E-state index contributed by atoms with van der Waals surface area (Å²) < 4.78 is 0. The maximum absolute atomic E-state index is 12.5. The van der Waals surface area contributed by atoms with Gasteiger partial charge in [-0.1, -0.05) is 30.2 Å². The van der Waals surface area contributed by atoms with Crippen molar-refractivity contribution in [3.8, 4) is 0 Å². The third kappa shape index (κ3) is 4.89. The summed E-state index contributed by atoms with van der Waals surface area (Å²) in [6.07, 6.45) is 4.24. The van der Waals surface area contributed by atoms with E-state index in [0.29, 0.717) is 30.5 Å². The van der Waals surface area contributed by atoms with E-state index in [1.807, 2.05) is 24.3 Å². The molecule has 1 aliphatic carbocycles. The lowest BCUT2D eigenvalue weighted by Gasteiger charge is -2.33. The Morgan fingerprint density at radius 1 is 1.50 bits per heavy atom. The fraction of sp³-hybridized carbons (Fsp3) is 0.588.